The van der Waals surface area contributed by atoms with E-state index in [1.807, 2.05) is 42.5 Å². The molecule has 0 amide bonds. The molecule has 2 unspecified atom stereocenters. The van der Waals surface area contributed by atoms with E-state index in [0.717, 1.165) is 67.6 Å². The molecule has 1 N–H and O–H groups in total. The fraction of sp³-hybridized carbons (Fsp3) is 0.485. The van der Waals surface area contributed by atoms with Gasteiger partial charge in [0.1, 0.15) is 0 Å². The summed E-state index contributed by atoms with van der Waals surface area (Å²) in [5.74, 6) is -0.695. The van der Waals surface area contributed by atoms with E-state index < -0.39 is 11.9 Å². The summed E-state index contributed by atoms with van der Waals surface area (Å²) in [7, 11) is 0. The average Bonchev–Trinajstić information content (AvgIpc) is 2.95. The molecular formula is C33H44ClNO4. The summed E-state index contributed by atoms with van der Waals surface area (Å²) in [6.45, 7) is 9.09. The van der Waals surface area contributed by atoms with Crippen LogP contribution in [-0.4, -0.2) is 47.2 Å². The van der Waals surface area contributed by atoms with Gasteiger partial charge in [-0.25, -0.2) is 0 Å². The van der Waals surface area contributed by atoms with Crippen LogP contribution in [-0.2, 0) is 16.0 Å². The molecule has 0 radical (unpaired) electrons. The van der Waals surface area contributed by atoms with Crippen molar-refractivity contribution >= 4 is 36.0 Å². The Bertz CT molecular complexity index is 1100. The summed E-state index contributed by atoms with van der Waals surface area (Å²) in [5, 5.41) is 8.94. The number of carboxylic acid groups (broad SMARTS) is 1. The number of likely N-dealkylation sites (tertiary alicyclic amines) is 1. The number of rotatable bonds is 8. The van der Waals surface area contributed by atoms with Crippen LogP contribution in [0.4, 0.5) is 0 Å². The minimum Gasteiger partial charge on any atom is -0.481 e. The number of allylic oxidation sites excluding steroid dienone is 1. The van der Waals surface area contributed by atoms with Crippen LogP contribution in [0.1, 0.15) is 98.7 Å². The molecule has 2 aromatic rings. The minimum absolute atomic E-state index is 0. The van der Waals surface area contributed by atoms with E-state index in [2.05, 4.69) is 30.9 Å². The lowest BCUT2D eigenvalue weighted by atomic mass is 9.91. The lowest BCUT2D eigenvalue weighted by molar-refractivity contribution is -0.138. The Kier molecular flexibility index (Phi) is 13.6. The summed E-state index contributed by atoms with van der Waals surface area (Å²) in [5.41, 5.74) is 4.79. The maximum atomic E-state index is 12.4. The van der Waals surface area contributed by atoms with Gasteiger partial charge in [-0.15, -0.1) is 12.4 Å². The molecule has 1 heterocycles. The van der Waals surface area contributed by atoms with Gasteiger partial charge in [0.25, 0.3) is 0 Å². The molecule has 1 saturated carbocycles. The largest absolute Gasteiger partial charge is 0.481 e. The highest BCUT2D eigenvalue weighted by molar-refractivity contribution is 6.00. The van der Waals surface area contributed by atoms with Gasteiger partial charge in [-0.2, -0.15) is 0 Å². The number of carbonyl (C=O) groups excluding carboxylic acids is 2. The third-order valence-electron chi connectivity index (χ3n) is 7.68. The van der Waals surface area contributed by atoms with E-state index in [4.69, 9.17) is 5.11 Å². The zero-order chi connectivity index (χ0) is 27.5. The molecule has 2 fully saturated rings. The van der Waals surface area contributed by atoms with Crippen molar-refractivity contribution in [1.29, 1.82) is 0 Å². The monoisotopic (exact) mass is 553 g/mol. The van der Waals surface area contributed by atoms with Crippen molar-refractivity contribution in [2.24, 2.45) is 5.92 Å². The molecule has 212 valence electrons. The number of nitrogens with zero attached hydrogens (tertiary/aromatic N) is 1. The Labute approximate surface area is 240 Å². The molecule has 2 aliphatic rings. The van der Waals surface area contributed by atoms with Gasteiger partial charge in [-0.1, -0.05) is 68.8 Å². The van der Waals surface area contributed by atoms with Gasteiger partial charge < -0.3 is 10.0 Å². The van der Waals surface area contributed by atoms with Gasteiger partial charge in [-0.05, 0) is 86.9 Å². The van der Waals surface area contributed by atoms with Crippen molar-refractivity contribution in [2.45, 2.75) is 78.1 Å². The number of ketones is 2. The first-order valence-electron chi connectivity index (χ1n) is 14.2. The van der Waals surface area contributed by atoms with Crippen molar-refractivity contribution in [3.8, 4) is 0 Å². The van der Waals surface area contributed by atoms with Gasteiger partial charge in [0.2, 0.25) is 0 Å². The first-order valence-corrected chi connectivity index (χ1v) is 14.2. The first-order chi connectivity index (χ1) is 18.3. The maximum absolute atomic E-state index is 12.4. The maximum Gasteiger partial charge on any atom is 0.310 e. The Morgan fingerprint density at radius 3 is 2.08 bits per heavy atom. The van der Waals surface area contributed by atoms with Crippen molar-refractivity contribution < 1.29 is 19.5 Å². The summed E-state index contributed by atoms with van der Waals surface area (Å²) in [6.07, 6.45) is 10.4. The molecule has 0 bridgehead atoms. The molecule has 2 atom stereocenters. The number of Topliss-reactive ketones (excluding diaryl/α,β-unsaturated/α-hetero) is 2. The molecule has 1 aliphatic carbocycles. The topological polar surface area (TPSA) is 74.7 Å². The molecule has 1 saturated heterocycles. The SMILES string of the molecule is CC(C(=O)O)c1ccc(/C=C2\CCCCC2=O)cc1.CCc1ccc(C(=O)C(C)CN2CCCCC2)cc1.Cl. The van der Waals surface area contributed by atoms with Gasteiger partial charge >= 0.3 is 5.97 Å². The lowest BCUT2D eigenvalue weighted by Crippen LogP contribution is -2.35. The van der Waals surface area contributed by atoms with Gasteiger partial charge in [0, 0.05) is 24.4 Å². The van der Waals surface area contributed by atoms with Crippen LogP contribution in [0, 0.1) is 5.92 Å². The molecule has 5 nitrogen and oxygen atoms in total. The number of hydrogen-bond donors (Lipinski definition) is 1. The standard InChI is InChI=1S/C17H25NO.C16H18O3.ClH/c1-3-15-7-9-16(10-8-15)17(19)14(2)13-18-11-5-4-6-12-18;1-11(16(18)19)13-8-6-12(7-9-13)10-14-4-2-3-5-15(14)17;/h7-10,14H,3-6,11-13H2,1-2H3;6-11H,2-5H2,1H3,(H,18,19);1H/b;14-10+;. The minimum atomic E-state index is -0.825. The van der Waals surface area contributed by atoms with Crippen molar-refractivity contribution in [3.05, 3.63) is 76.4 Å². The average molecular weight is 554 g/mol. The van der Waals surface area contributed by atoms with Crippen LogP contribution < -0.4 is 0 Å². The Balaban J connectivity index is 0.000000267. The molecule has 0 spiro atoms. The van der Waals surface area contributed by atoms with Crippen LogP contribution in [0.5, 0.6) is 0 Å². The van der Waals surface area contributed by atoms with Crippen LogP contribution in [0.25, 0.3) is 6.08 Å². The van der Waals surface area contributed by atoms with Crippen LogP contribution >= 0.6 is 12.4 Å². The van der Waals surface area contributed by atoms with Crippen molar-refractivity contribution in [3.63, 3.8) is 0 Å². The number of benzene rings is 2. The highest BCUT2D eigenvalue weighted by atomic mass is 35.5. The van der Waals surface area contributed by atoms with E-state index in [9.17, 15) is 14.4 Å². The zero-order valence-electron chi connectivity index (χ0n) is 23.7. The number of halogens is 1. The molecular weight excluding hydrogens is 510 g/mol. The van der Waals surface area contributed by atoms with Crippen LogP contribution in [0.3, 0.4) is 0 Å². The van der Waals surface area contributed by atoms with Crippen molar-refractivity contribution in [1.82, 2.24) is 4.90 Å². The Hall–Kier alpha value is -2.76. The summed E-state index contributed by atoms with van der Waals surface area (Å²) in [4.78, 5) is 37.4. The lowest BCUT2D eigenvalue weighted by Gasteiger charge is -2.28. The highest BCUT2D eigenvalue weighted by Crippen LogP contribution is 2.23. The third kappa shape index (κ3) is 10.1. The summed E-state index contributed by atoms with van der Waals surface area (Å²) < 4.78 is 0. The number of aliphatic carboxylic acids is 1. The van der Waals surface area contributed by atoms with E-state index in [0.29, 0.717) is 6.42 Å². The molecule has 6 heteroatoms. The smallest absolute Gasteiger partial charge is 0.310 e. The summed E-state index contributed by atoms with van der Waals surface area (Å²) in [6, 6.07) is 15.5. The highest BCUT2D eigenvalue weighted by Gasteiger charge is 2.20. The fourth-order valence-electron chi connectivity index (χ4n) is 5.08. The van der Waals surface area contributed by atoms with Crippen LogP contribution in [0.2, 0.25) is 0 Å². The normalized spacial score (nSPS) is 18.3. The first kappa shape index (κ1) is 32.5. The van der Waals surface area contributed by atoms with Crippen molar-refractivity contribution in [2.75, 3.05) is 19.6 Å². The van der Waals surface area contributed by atoms with Crippen LogP contribution in [0.15, 0.2) is 54.1 Å². The fourth-order valence-corrected chi connectivity index (χ4v) is 5.08. The van der Waals surface area contributed by atoms with Gasteiger partial charge in [0.15, 0.2) is 11.6 Å². The number of piperidine rings is 1. The predicted molar refractivity (Wildman–Crippen MR) is 161 cm³/mol. The second kappa shape index (κ2) is 16.4. The molecule has 0 aromatic heterocycles. The second-order valence-corrected chi connectivity index (χ2v) is 10.7. The quantitative estimate of drug-likeness (QED) is 0.273. The summed E-state index contributed by atoms with van der Waals surface area (Å²) >= 11 is 0. The number of carboxylic acids is 1. The number of carbonyl (C=O) groups is 3. The molecule has 2 aromatic carbocycles. The van der Waals surface area contributed by atoms with E-state index in [1.54, 1.807) is 6.92 Å². The number of hydrogen-bond acceptors (Lipinski definition) is 4. The number of aryl methyl sites for hydroxylation is 1. The predicted octanol–water partition coefficient (Wildman–Crippen LogP) is 7.38. The zero-order valence-corrected chi connectivity index (χ0v) is 24.5. The second-order valence-electron chi connectivity index (χ2n) is 10.7. The van der Waals surface area contributed by atoms with E-state index >= 15 is 0 Å². The third-order valence-corrected chi connectivity index (χ3v) is 7.68. The molecule has 1 aliphatic heterocycles. The van der Waals surface area contributed by atoms with Gasteiger partial charge in [-0.3, -0.25) is 14.4 Å². The molecule has 39 heavy (non-hydrogen) atoms. The van der Waals surface area contributed by atoms with E-state index in [1.165, 1.54) is 24.8 Å². The Morgan fingerprint density at radius 1 is 0.897 bits per heavy atom. The van der Waals surface area contributed by atoms with E-state index in [-0.39, 0.29) is 29.9 Å². The Morgan fingerprint density at radius 2 is 1.51 bits per heavy atom. The molecule has 4 rings (SSSR count). The van der Waals surface area contributed by atoms with Gasteiger partial charge in [0.05, 0.1) is 5.92 Å².